The third-order valence-corrected chi connectivity index (χ3v) is 12.3. The normalized spacial score (nSPS) is 13.6. The smallest absolute Gasteiger partial charge is 0.306 e. The number of carbonyl (C=O) groups excluding carboxylic acids is 2. The molecule has 3 unspecified atom stereocenters. The number of hydrogen-bond acceptors (Lipinski definition) is 5. The Kier molecular flexibility index (Phi) is 49.6. The highest BCUT2D eigenvalue weighted by Crippen LogP contribution is 2.17. The van der Waals surface area contributed by atoms with Gasteiger partial charge in [-0.25, -0.2) is 0 Å². The summed E-state index contributed by atoms with van der Waals surface area (Å²) >= 11 is 0. The van der Waals surface area contributed by atoms with Gasteiger partial charge in [0.15, 0.2) is 0 Å². The first-order valence-electron chi connectivity index (χ1n) is 27.5. The van der Waals surface area contributed by atoms with Crippen molar-refractivity contribution in [3.63, 3.8) is 0 Å². The highest BCUT2D eigenvalue weighted by Gasteiger charge is 2.24. The number of aliphatic hydroxyl groups is 2. The molecule has 0 aliphatic carbocycles. The van der Waals surface area contributed by atoms with Crippen LogP contribution in [0.3, 0.4) is 0 Å². The lowest BCUT2D eigenvalue weighted by atomic mass is 10.0. The van der Waals surface area contributed by atoms with E-state index in [-0.39, 0.29) is 31.3 Å². The van der Waals surface area contributed by atoms with E-state index in [1.54, 1.807) is 0 Å². The molecular formula is C58H105NO5. The Morgan fingerprint density at radius 3 is 1.25 bits per heavy atom. The van der Waals surface area contributed by atoms with Crippen molar-refractivity contribution in [1.29, 1.82) is 0 Å². The van der Waals surface area contributed by atoms with E-state index in [9.17, 15) is 19.8 Å². The maximum Gasteiger partial charge on any atom is 0.306 e. The van der Waals surface area contributed by atoms with Gasteiger partial charge in [0.1, 0.15) is 6.10 Å². The molecule has 64 heavy (non-hydrogen) atoms. The van der Waals surface area contributed by atoms with Crippen molar-refractivity contribution in [3.8, 4) is 0 Å². The maximum absolute atomic E-state index is 13.2. The fourth-order valence-electron chi connectivity index (χ4n) is 8.14. The molecule has 0 saturated carbocycles. The molecule has 3 N–H and O–H groups in total. The Labute approximate surface area is 397 Å². The van der Waals surface area contributed by atoms with E-state index in [2.05, 4.69) is 80.8 Å². The minimum Gasteiger partial charge on any atom is -0.462 e. The van der Waals surface area contributed by atoms with Crippen molar-refractivity contribution in [1.82, 2.24) is 5.32 Å². The molecule has 372 valence electrons. The number of hydrogen-bond donors (Lipinski definition) is 3. The van der Waals surface area contributed by atoms with Crippen LogP contribution in [0.1, 0.15) is 271 Å². The van der Waals surface area contributed by atoms with Crippen LogP contribution < -0.4 is 5.32 Å². The second kappa shape index (κ2) is 51.5. The molecule has 0 radical (unpaired) electrons. The molecule has 0 rings (SSSR count). The third kappa shape index (κ3) is 46.1. The van der Waals surface area contributed by atoms with Crippen LogP contribution >= 0.6 is 0 Å². The van der Waals surface area contributed by atoms with Crippen molar-refractivity contribution in [2.24, 2.45) is 0 Å². The molecule has 0 saturated heterocycles. The van der Waals surface area contributed by atoms with Gasteiger partial charge >= 0.3 is 5.97 Å². The summed E-state index contributed by atoms with van der Waals surface area (Å²) in [5, 5.41) is 23.8. The number of amides is 1. The Bertz CT molecular complexity index is 1140. The number of rotatable bonds is 49. The van der Waals surface area contributed by atoms with Gasteiger partial charge in [-0.1, -0.05) is 236 Å². The molecule has 0 fully saturated rings. The SMILES string of the molecule is CCCCC/C=C\C/C=C\C/C=C\CCCCC(CC(=O)NC(CO)C(O)CCCCCCCCCCCCCCCCCCC)OC(=O)CC/C=C/C/C=C\CCCCCCCC. The quantitative estimate of drug-likeness (QED) is 0.0321. The fraction of sp³-hybridized carbons (Fsp3) is 0.793. The van der Waals surface area contributed by atoms with E-state index in [4.69, 9.17) is 4.74 Å². The molecule has 0 aliphatic rings. The number of esters is 1. The van der Waals surface area contributed by atoms with E-state index in [1.165, 1.54) is 154 Å². The largest absolute Gasteiger partial charge is 0.462 e. The van der Waals surface area contributed by atoms with E-state index >= 15 is 0 Å². The second-order valence-electron chi connectivity index (χ2n) is 18.6. The molecule has 0 aromatic rings. The summed E-state index contributed by atoms with van der Waals surface area (Å²) < 4.78 is 5.88. The van der Waals surface area contributed by atoms with Gasteiger partial charge in [0.2, 0.25) is 5.91 Å². The Balaban J connectivity index is 4.64. The first-order chi connectivity index (χ1) is 31.5. The first-order valence-corrected chi connectivity index (χ1v) is 27.5. The van der Waals surface area contributed by atoms with E-state index < -0.39 is 18.2 Å². The monoisotopic (exact) mass is 896 g/mol. The van der Waals surface area contributed by atoms with Crippen molar-refractivity contribution in [2.75, 3.05) is 6.61 Å². The molecule has 0 spiro atoms. The molecule has 0 bridgehead atoms. The van der Waals surface area contributed by atoms with Crippen LogP contribution in [0.5, 0.6) is 0 Å². The summed E-state index contributed by atoms with van der Waals surface area (Å²) in [6.07, 6.45) is 64.4. The predicted molar refractivity (Wildman–Crippen MR) is 278 cm³/mol. The second-order valence-corrected chi connectivity index (χ2v) is 18.6. The number of allylic oxidation sites excluding steroid dienone is 10. The van der Waals surface area contributed by atoms with Gasteiger partial charge in [0.25, 0.3) is 0 Å². The molecule has 1 amide bonds. The van der Waals surface area contributed by atoms with Crippen molar-refractivity contribution in [3.05, 3.63) is 60.8 Å². The minimum atomic E-state index is -0.808. The zero-order valence-electron chi connectivity index (χ0n) is 42.4. The van der Waals surface area contributed by atoms with Crippen LogP contribution in [0, 0.1) is 0 Å². The minimum absolute atomic E-state index is 0.0288. The van der Waals surface area contributed by atoms with E-state index in [0.29, 0.717) is 19.3 Å². The molecule has 0 aromatic heterocycles. The van der Waals surface area contributed by atoms with Gasteiger partial charge < -0.3 is 20.3 Å². The summed E-state index contributed by atoms with van der Waals surface area (Å²) in [4.78, 5) is 26.1. The van der Waals surface area contributed by atoms with Crippen LogP contribution in [0.2, 0.25) is 0 Å². The summed E-state index contributed by atoms with van der Waals surface area (Å²) in [6.45, 7) is 6.44. The van der Waals surface area contributed by atoms with Gasteiger partial charge in [-0.3, -0.25) is 9.59 Å². The van der Waals surface area contributed by atoms with Gasteiger partial charge in [-0.05, 0) is 83.5 Å². The van der Waals surface area contributed by atoms with E-state index in [0.717, 1.165) is 64.2 Å². The van der Waals surface area contributed by atoms with Crippen LogP contribution in [0.4, 0.5) is 0 Å². The zero-order valence-corrected chi connectivity index (χ0v) is 42.4. The average Bonchev–Trinajstić information content (AvgIpc) is 3.29. The molecule has 6 nitrogen and oxygen atoms in total. The molecule has 0 heterocycles. The number of aliphatic hydroxyl groups excluding tert-OH is 2. The molecular weight excluding hydrogens is 791 g/mol. The summed E-state index contributed by atoms with van der Waals surface area (Å²) in [5.74, 6) is -0.588. The van der Waals surface area contributed by atoms with Crippen molar-refractivity contribution < 1.29 is 24.5 Å². The standard InChI is InChI=1S/C58H105NO5/c1-4-7-10-13-16-19-22-25-27-28-30-33-35-38-41-44-47-50-56(61)55(53-60)59-57(62)52-54(49-46-43-40-37-34-32-29-26-23-20-17-14-11-8-5-2)64-58(63)51-48-45-42-39-36-31-24-21-18-15-12-9-6-3/h17,20,26,29,31,34,36-37,42,45,54-56,60-61H,4-16,18-19,21-25,27-28,30,32-33,35,38-41,43-44,46-53H2,1-3H3,(H,59,62)/b20-17-,29-26-,36-31-,37-34-,45-42+. The van der Waals surface area contributed by atoms with Gasteiger partial charge in [0, 0.05) is 6.42 Å². The molecule has 6 heteroatoms. The van der Waals surface area contributed by atoms with Crippen LogP contribution in [-0.2, 0) is 14.3 Å². The lowest BCUT2D eigenvalue weighted by molar-refractivity contribution is -0.150. The van der Waals surface area contributed by atoms with Crippen molar-refractivity contribution >= 4 is 11.9 Å². The highest BCUT2D eigenvalue weighted by molar-refractivity contribution is 5.77. The number of carbonyl (C=O) groups is 2. The summed E-state index contributed by atoms with van der Waals surface area (Å²) in [5.41, 5.74) is 0. The lowest BCUT2D eigenvalue weighted by Gasteiger charge is -2.24. The van der Waals surface area contributed by atoms with Gasteiger partial charge in [-0.2, -0.15) is 0 Å². The Morgan fingerprint density at radius 2 is 0.797 bits per heavy atom. The molecule has 0 aromatic carbocycles. The van der Waals surface area contributed by atoms with E-state index in [1.807, 2.05) is 6.08 Å². The van der Waals surface area contributed by atoms with Crippen LogP contribution in [0.15, 0.2) is 60.8 Å². The van der Waals surface area contributed by atoms with Crippen LogP contribution in [0.25, 0.3) is 0 Å². The van der Waals surface area contributed by atoms with Crippen LogP contribution in [-0.4, -0.2) is 46.9 Å². The fourth-order valence-corrected chi connectivity index (χ4v) is 8.14. The topological polar surface area (TPSA) is 95.9 Å². The third-order valence-electron chi connectivity index (χ3n) is 12.3. The lowest BCUT2D eigenvalue weighted by Crippen LogP contribution is -2.46. The molecule has 3 atom stereocenters. The number of ether oxygens (including phenoxy) is 1. The highest BCUT2D eigenvalue weighted by atomic mass is 16.5. The van der Waals surface area contributed by atoms with Gasteiger partial charge in [-0.15, -0.1) is 0 Å². The number of nitrogens with one attached hydrogen (secondary N) is 1. The Hall–Kier alpha value is -2.44. The Morgan fingerprint density at radius 1 is 0.453 bits per heavy atom. The summed E-state index contributed by atoms with van der Waals surface area (Å²) in [7, 11) is 0. The maximum atomic E-state index is 13.2. The molecule has 0 aliphatic heterocycles. The average molecular weight is 896 g/mol. The number of unbranched alkanes of at least 4 members (excludes halogenated alkanes) is 27. The predicted octanol–water partition coefficient (Wildman–Crippen LogP) is 16.8. The van der Waals surface area contributed by atoms with Gasteiger partial charge in [0.05, 0.1) is 25.2 Å². The summed E-state index contributed by atoms with van der Waals surface area (Å²) in [6, 6.07) is -0.726. The van der Waals surface area contributed by atoms with Crippen molar-refractivity contribution in [2.45, 2.75) is 289 Å². The first kappa shape index (κ1) is 61.6. The zero-order chi connectivity index (χ0) is 46.7.